The lowest BCUT2D eigenvalue weighted by atomic mass is 10.1. The van der Waals surface area contributed by atoms with Crippen LogP contribution < -0.4 is 15.8 Å². The van der Waals surface area contributed by atoms with Crippen molar-refractivity contribution in [1.82, 2.24) is 5.32 Å². The number of hydrogen-bond donors (Lipinski definition) is 2. The lowest BCUT2D eigenvalue weighted by Crippen LogP contribution is -2.34. The first-order valence-electron chi connectivity index (χ1n) is 6.93. The molecule has 1 aromatic carbocycles. The number of aliphatic imine (C=N–C) groups is 1. The molecule has 0 aliphatic heterocycles. The predicted molar refractivity (Wildman–Crippen MR) is 95.9 cm³/mol. The number of nitrogens with zero attached hydrogens (tertiary/aromatic N) is 1. The highest BCUT2D eigenvalue weighted by atomic mass is 127. The molecule has 4 nitrogen and oxygen atoms in total. The summed E-state index contributed by atoms with van der Waals surface area (Å²) in [5, 5.41) is 3.06. The van der Waals surface area contributed by atoms with Crippen molar-refractivity contribution >= 4 is 29.9 Å². The molecule has 1 rings (SSSR count). The lowest BCUT2D eigenvalue weighted by Gasteiger charge is -2.13. The Kier molecular flexibility index (Phi) is 10.1. The van der Waals surface area contributed by atoms with E-state index >= 15 is 0 Å². The average Bonchev–Trinajstić information content (AvgIpc) is 2.39. The zero-order chi connectivity index (χ0) is 15.0. The maximum atomic E-state index is 12.8. The number of ether oxygens (including phenoxy) is 1. The molecule has 0 aliphatic carbocycles. The molecule has 0 aliphatic rings. The Morgan fingerprint density at radius 2 is 1.90 bits per heavy atom. The maximum absolute atomic E-state index is 12.8. The summed E-state index contributed by atoms with van der Waals surface area (Å²) in [5.41, 5.74) is 5.76. The quantitative estimate of drug-likeness (QED) is 0.413. The number of guanidine groups is 1. The van der Waals surface area contributed by atoms with Gasteiger partial charge in [0.05, 0.1) is 6.54 Å². The highest BCUT2D eigenvalue weighted by Crippen LogP contribution is 2.12. The second kappa shape index (κ2) is 10.6. The maximum Gasteiger partial charge on any atom is 0.188 e. The second-order valence-electron chi connectivity index (χ2n) is 5.22. The van der Waals surface area contributed by atoms with Crippen molar-refractivity contribution in [2.75, 3.05) is 13.1 Å². The van der Waals surface area contributed by atoms with Crippen LogP contribution in [0.5, 0.6) is 5.75 Å². The highest BCUT2D eigenvalue weighted by molar-refractivity contribution is 14.0. The van der Waals surface area contributed by atoms with Crippen molar-refractivity contribution in [2.45, 2.75) is 33.3 Å². The van der Waals surface area contributed by atoms with Gasteiger partial charge < -0.3 is 15.8 Å². The van der Waals surface area contributed by atoms with Crippen molar-refractivity contribution in [1.29, 1.82) is 0 Å². The summed E-state index contributed by atoms with van der Waals surface area (Å²) in [6, 6.07) is 5.93. The van der Waals surface area contributed by atoms with Crippen LogP contribution in [0.25, 0.3) is 0 Å². The van der Waals surface area contributed by atoms with E-state index in [4.69, 9.17) is 10.5 Å². The zero-order valence-electron chi connectivity index (χ0n) is 12.8. The van der Waals surface area contributed by atoms with Gasteiger partial charge in [-0.2, -0.15) is 0 Å². The van der Waals surface area contributed by atoms with Crippen molar-refractivity contribution in [3.63, 3.8) is 0 Å². The Morgan fingerprint density at radius 3 is 2.48 bits per heavy atom. The van der Waals surface area contributed by atoms with Gasteiger partial charge in [0.2, 0.25) is 0 Å². The molecule has 3 N–H and O–H groups in total. The Labute approximate surface area is 143 Å². The van der Waals surface area contributed by atoms with E-state index in [1.807, 2.05) is 6.92 Å². The van der Waals surface area contributed by atoms with Crippen molar-refractivity contribution in [2.24, 2.45) is 16.6 Å². The molecule has 21 heavy (non-hydrogen) atoms. The molecule has 0 amide bonds. The molecule has 1 atom stereocenters. The van der Waals surface area contributed by atoms with Crippen LogP contribution >= 0.6 is 24.0 Å². The SMILES string of the molecule is CC(C)CCNC(N)=NCC(C)Oc1ccc(F)cc1.I. The van der Waals surface area contributed by atoms with E-state index in [1.54, 1.807) is 12.1 Å². The zero-order valence-corrected chi connectivity index (χ0v) is 15.1. The minimum atomic E-state index is -0.276. The van der Waals surface area contributed by atoms with Crippen LogP contribution in [0.3, 0.4) is 0 Å². The van der Waals surface area contributed by atoms with Gasteiger partial charge >= 0.3 is 0 Å². The molecule has 0 fully saturated rings. The molecular formula is C15H25FIN3O. The molecule has 0 heterocycles. The molecule has 0 bridgehead atoms. The van der Waals surface area contributed by atoms with Gasteiger partial charge in [-0.1, -0.05) is 13.8 Å². The minimum Gasteiger partial charge on any atom is -0.489 e. The Morgan fingerprint density at radius 1 is 1.29 bits per heavy atom. The van der Waals surface area contributed by atoms with E-state index in [2.05, 4.69) is 24.2 Å². The van der Waals surface area contributed by atoms with Gasteiger partial charge in [0, 0.05) is 6.54 Å². The topological polar surface area (TPSA) is 59.6 Å². The van der Waals surface area contributed by atoms with Gasteiger partial charge in [-0.3, -0.25) is 0 Å². The third-order valence-electron chi connectivity index (χ3n) is 2.70. The number of nitrogens with one attached hydrogen (secondary N) is 1. The number of halogens is 2. The van der Waals surface area contributed by atoms with Crippen LogP contribution in [0.2, 0.25) is 0 Å². The molecular weight excluding hydrogens is 384 g/mol. The van der Waals surface area contributed by atoms with Gasteiger partial charge in [0.1, 0.15) is 17.7 Å². The molecule has 0 saturated heterocycles. The van der Waals surface area contributed by atoms with Crippen LogP contribution in [0.15, 0.2) is 29.3 Å². The number of hydrogen-bond acceptors (Lipinski definition) is 2. The lowest BCUT2D eigenvalue weighted by molar-refractivity contribution is 0.230. The second-order valence-corrected chi connectivity index (χ2v) is 5.22. The summed E-state index contributed by atoms with van der Waals surface area (Å²) in [7, 11) is 0. The van der Waals surface area contributed by atoms with Crippen molar-refractivity contribution < 1.29 is 9.13 Å². The summed E-state index contributed by atoms with van der Waals surface area (Å²) >= 11 is 0. The Balaban J connectivity index is 0.00000400. The van der Waals surface area contributed by atoms with E-state index in [0.29, 0.717) is 24.2 Å². The molecule has 0 aromatic heterocycles. The van der Waals surface area contributed by atoms with Gasteiger partial charge in [-0.15, -0.1) is 24.0 Å². The van der Waals surface area contributed by atoms with Gasteiger partial charge in [-0.25, -0.2) is 9.38 Å². The summed E-state index contributed by atoms with van der Waals surface area (Å²) < 4.78 is 18.4. The van der Waals surface area contributed by atoms with Crippen molar-refractivity contribution in [3.05, 3.63) is 30.1 Å². The fourth-order valence-electron chi connectivity index (χ4n) is 1.55. The highest BCUT2D eigenvalue weighted by Gasteiger charge is 2.04. The molecule has 0 saturated carbocycles. The summed E-state index contributed by atoms with van der Waals surface area (Å²) in [5.74, 6) is 1.42. The Hall–Kier alpha value is -1.05. The first kappa shape index (κ1) is 19.9. The Bertz CT molecular complexity index is 423. The third-order valence-corrected chi connectivity index (χ3v) is 2.70. The molecule has 1 aromatic rings. The molecule has 0 radical (unpaired) electrons. The summed E-state index contributed by atoms with van der Waals surface area (Å²) in [4.78, 5) is 4.22. The van der Waals surface area contributed by atoms with E-state index in [9.17, 15) is 4.39 Å². The van der Waals surface area contributed by atoms with Crippen LogP contribution in [0, 0.1) is 11.7 Å². The summed E-state index contributed by atoms with van der Waals surface area (Å²) in [6.07, 6.45) is 0.934. The van der Waals surface area contributed by atoms with Crippen LogP contribution in [-0.4, -0.2) is 25.2 Å². The third kappa shape index (κ3) is 9.49. The molecule has 0 spiro atoms. The van der Waals surface area contributed by atoms with Gasteiger partial charge in [0.25, 0.3) is 0 Å². The fourth-order valence-corrected chi connectivity index (χ4v) is 1.55. The normalized spacial score (nSPS) is 12.7. The average molecular weight is 409 g/mol. The van der Waals surface area contributed by atoms with E-state index in [-0.39, 0.29) is 35.9 Å². The largest absolute Gasteiger partial charge is 0.489 e. The predicted octanol–water partition coefficient (Wildman–Crippen LogP) is 3.16. The first-order valence-corrected chi connectivity index (χ1v) is 6.93. The van der Waals surface area contributed by atoms with Crippen molar-refractivity contribution in [3.8, 4) is 5.75 Å². The molecule has 120 valence electrons. The number of benzene rings is 1. The van der Waals surface area contributed by atoms with E-state index < -0.39 is 0 Å². The van der Waals surface area contributed by atoms with Crippen LogP contribution in [0.4, 0.5) is 4.39 Å². The molecule has 1 unspecified atom stereocenters. The van der Waals surface area contributed by atoms with Crippen LogP contribution in [-0.2, 0) is 0 Å². The smallest absolute Gasteiger partial charge is 0.188 e. The number of rotatable bonds is 7. The first-order chi connectivity index (χ1) is 9.47. The monoisotopic (exact) mass is 409 g/mol. The minimum absolute atomic E-state index is 0. The van der Waals surface area contributed by atoms with E-state index in [0.717, 1.165) is 13.0 Å². The fraction of sp³-hybridized carbons (Fsp3) is 0.533. The number of nitrogens with two attached hydrogens (primary N) is 1. The summed E-state index contributed by atoms with van der Waals surface area (Å²) in [6.45, 7) is 7.49. The van der Waals surface area contributed by atoms with E-state index in [1.165, 1.54) is 12.1 Å². The molecule has 6 heteroatoms. The van der Waals surface area contributed by atoms with Gasteiger partial charge in [0.15, 0.2) is 5.96 Å². The standard InChI is InChI=1S/C15H24FN3O.HI/c1-11(2)8-9-18-15(17)19-10-12(3)20-14-6-4-13(16)5-7-14;/h4-7,11-12H,8-10H2,1-3H3,(H3,17,18,19);1H. The van der Waals surface area contributed by atoms with Crippen LogP contribution in [0.1, 0.15) is 27.2 Å². The van der Waals surface area contributed by atoms with Gasteiger partial charge in [-0.05, 0) is 43.5 Å².